The zero-order valence-electron chi connectivity index (χ0n) is 8.26. The molecule has 0 spiro atoms. The molecule has 0 amide bonds. The molecule has 2 heterocycles. The Labute approximate surface area is 124 Å². The van der Waals surface area contributed by atoms with Crippen molar-refractivity contribution in [1.29, 1.82) is 0 Å². The molecule has 0 aliphatic rings. The van der Waals surface area contributed by atoms with Gasteiger partial charge in [0.05, 0.1) is 18.6 Å². The SMILES string of the molecule is CNC(c1csc(Br)c1)c1cc(Cl)c(Br)s1. The molecule has 2 rings (SSSR count). The average Bonchev–Trinajstić information content (AvgIpc) is 2.77. The first-order valence-electron chi connectivity index (χ1n) is 4.47. The Balaban J connectivity index is 2.36. The normalized spacial score (nSPS) is 13.0. The second-order valence-electron chi connectivity index (χ2n) is 3.18. The van der Waals surface area contributed by atoms with E-state index in [2.05, 4.69) is 48.6 Å². The molecule has 0 fully saturated rings. The zero-order valence-corrected chi connectivity index (χ0v) is 13.8. The van der Waals surface area contributed by atoms with Crippen LogP contribution >= 0.6 is 66.1 Å². The second kappa shape index (κ2) is 5.50. The third-order valence-corrected chi connectivity index (χ3v) is 6.22. The van der Waals surface area contributed by atoms with Gasteiger partial charge in [-0.2, -0.15) is 0 Å². The summed E-state index contributed by atoms with van der Waals surface area (Å²) in [6.45, 7) is 0. The van der Waals surface area contributed by atoms with Gasteiger partial charge in [0.1, 0.15) is 0 Å². The van der Waals surface area contributed by atoms with E-state index < -0.39 is 0 Å². The average molecular weight is 402 g/mol. The van der Waals surface area contributed by atoms with Gasteiger partial charge >= 0.3 is 0 Å². The molecule has 1 atom stereocenters. The predicted octanol–water partition coefficient (Wildman–Crippen LogP) is 5.30. The topological polar surface area (TPSA) is 12.0 Å². The van der Waals surface area contributed by atoms with Crippen LogP contribution in [0.1, 0.15) is 16.5 Å². The molecule has 16 heavy (non-hydrogen) atoms. The van der Waals surface area contributed by atoms with Crippen LogP contribution in [0.3, 0.4) is 0 Å². The maximum atomic E-state index is 6.05. The molecule has 0 bridgehead atoms. The summed E-state index contributed by atoms with van der Waals surface area (Å²) in [6.07, 6.45) is 0. The second-order valence-corrected chi connectivity index (χ2v) is 8.28. The minimum absolute atomic E-state index is 0.205. The van der Waals surface area contributed by atoms with E-state index in [1.54, 1.807) is 22.7 Å². The van der Waals surface area contributed by atoms with Crippen LogP contribution in [0.5, 0.6) is 0 Å². The maximum Gasteiger partial charge on any atom is 0.0888 e. The Bertz CT molecular complexity index is 475. The Kier molecular flexibility index (Phi) is 4.49. The van der Waals surface area contributed by atoms with Crippen LogP contribution in [0.4, 0.5) is 0 Å². The maximum absolute atomic E-state index is 6.05. The van der Waals surface area contributed by atoms with Crippen LogP contribution < -0.4 is 5.32 Å². The highest BCUT2D eigenvalue weighted by Crippen LogP contribution is 2.38. The molecule has 0 saturated carbocycles. The molecule has 2 aromatic heterocycles. The molecule has 6 heteroatoms. The van der Waals surface area contributed by atoms with Gasteiger partial charge in [0.25, 0.3) is 0 Å². The van der Waals surface area contributed by atoms with Gasteiger partial charge in [-0.15, -0.1) is 22.7 Å². The van der Waals surface area contributed by atoms with Crippen molar-refractivity contribution in [3.8, 4) is 0 Å². The molecule has 1 nitrogen and oxygen atoms in total. The van der Waals surface area contributed by atoms with Crippen LogP contribution in [0.25, 0.3) is 0 Å². The standard InChI is InChI=1S/C10H8Br2ClNS2/c1-14-9(5-2-8(11)15-4-5)7-3-6(13)10(12)16-7/h2-4,9,14H,1H3. The van der Waals surface area contributed by atoms with E-state index in [1.165, 1.54) is 10.4 Å². The quantitative estimate of drug-likeness (QED) is 0.736. The molecular formula is C10H8Br2ClNS2. The molecule has 1 unspecified atom stereocenters. The van der Waals surface area contributed by atoms with Crippen molar-refractivity contribution >= 4 is 66.1 Å². The first-order chi connectivity index (χ1) is 7.61. The van der Waals surface area contributed by atoms with Crippen LogP contribution in [0, 0.1) is 0 Å². The van der Waals surface area contributed by atoms with Crippen LogP contribution in [0.15, 0.2) is 25.1 Å². The van der Waals surface area contributed by atoms with Gasteiger partial charge < -0.3 is 5.32 Å². The fraction of sp³-hybridized carbons (Fsp3) is 0.200. The van der Waals surface area contributed by atoms with Gasteiger partial charge in [0, 0.05) is 4.88 Å². The van der Waals surface area contributed by atoms with E-state index >= 15 is 0 Å². The molecular weight excluding hydrogens is 394 g/mol. The fourth-order valence-corrected chi connectivity index (χ4v) is 4.54. The van der Waals surface area contributed by atoms with E-state index in [9.17, 15) is 0 Å². The van der Waals surface area contributed by atoms with Gasteiger partial charge in [-0.05, 0) is 62.0 Å². The molecule has 0 saturated heterocycles. The summed E-state index contributed by atoms with van der Waals surface area (Å²) >= 11 is 16.3. The van der Waals surface area contributed by atoms with Crippen molar-refractivity contribution in [3.05, 3.63) is 40.5 Å². The number of nitrogens with one attached hydrogen (secondary N) is 1. The largest absolute Gasteiger partial charge is 0.309 e. The minimum atomic E-state index is 0.205. The first kappa shape index (κ1) is 13.1. The summed E-state index contributed by atoms with van der Waals surface area (Å²) in [5.41, 5.74) is 1.25. The summed E-state index contributed by atoms with van der Waals surface area (Å²) < 4.78 is 2.13. The van der Waals surface area contributed by atoms with Gasteiger partial charge in [0.15, 0.2) is 0 Å². The van der Waals surface area contributed by atoms with Crippen LogP contribution in [-0.4, -0.2) is 7.05 Å². The summed E-state index contributed by atoms with van der Waals surface area (Å²) in [7, 11) is 1.96. The third kappa shape index (κ3) is 2.71. The molecule has 0 aliphatic heterocycles. The molecule has 2 aromatic rings. The Morgan fingerprint density at radius 1 is 1.38 bits per heavy atom. The van der Waals surface area contributed by atoms with Gasteiger partial charge in [-0.1, -0.05) is 11.6 Å². The number of halogens is 3. The lowest BCUT2D eigenvalue weighted by Gasteiger charge is -2.12. The lowest BCUT2D eigenvalue weighted by Crippen LogP contribution is -2.15. The summed E-state index contributed by atoms with van der Waals surface area (Å²) in [4.78, 5) is 1.21. The van der Waals surface area contributed by atoms with Crippen molar-refractivity contribution < 1.29 is 0 Å². The van der Waals surface area contributed by atoms with Gasteiger partial charge in [-0.3, -0.25) is 0 Å². The third-order valence-electron chi connectivity index (χ3n) is 2.16. The molecule has 0 aromatic carbocycles. The highest BCUT2D eigenvalue weighted by atomic mass is 79.9. The minimum Gasteiger partial charge on any atom is -0.309 e. The Morgan fingerprint density at radius 2 is 2.12 bits per heavy atom. The van der Waals surface area contributed by atoms with Crippen molar-refractivity contribution in [2.24, 2.45) is 0 Å². The van der Waals surface area contributed by atoms with E-state index in [0.717, 1.165) is 12.6 Å². The Morgan fingerprint density at radius 3 is 2.56 bits per heavy atom. The number of hydrogen-bond acceptors (Lipinski definition) is 3. The first-order valence-corrected chi connectivity index (χ1v) is 8.13. The molecule has 86 valence electrons. The Hall–Kier alpha value is 0.610. The smallest absolute Gasteiger partial charge is 0.0888 e. The molecule has 0 aliphatic carbocycles. The van der Waals surface area contributed by atoms with E-state index in [4.69, 9.17) is 11.6 Å². The lowest BCUT2D eigenvalue weighted by atomic mass is 10.1. The van der Waals surface area contributed by atoms with Crippen LogP contribution in [0.2, 0.25) is 5.02 Å². The number of thiophene rings is 2. The van der Waals surface area contributed by atoms with Crippen molar-refractivity contribution in [3.63, 3.8) is 0 Å². The van der Waals surface area contributed by atoms with Gasteiger partial charge in [0.2, 0.25) is 0 Å². The van der Waals surface area contributed by atoms with Crippen molar-refractivity contribution in [1.82, 2.24) is 5.32 Å². The molecule has 0 radical (unpaired) electrons. The van der Waals surface area contributed by atoms with Gasteiger partial charge in [-0.25, -0.2) is 0 Å². The summed E-state index contributed by atoms with van der Waals surface area (Å²) in [6, 6.07) is 4.34. The summed E-state index contributed by atoms with van der Waals surface area (Å²) in [5, 5.41) is 6.22. The monoisotopic (exact) mass is 399 g/mol. The lowest BCUT2D eigenvalue weighted by molar-refractivity contribution is 0.706. The highest BCUT2D eigenvalue weighted by molar-refractivity contribution is 9.11. The van der Waals surface area contributed by atoms with E-state index in [0.29, 0.717) is 0 Å². The predicted molar refractivity (Wildman–Crippen MR) is 80.0 cm³/mol. The highest BCUT2D eigenvalue weighted by Gasteiger charge is 2.17. The number of hydrogen-bond donors (Lipinski definition) is 1. The van der Waals surface area contributed by atoms with E-state index in [1.807, 2.05) is 13.1 Å². The molecule has 1 N–H and O–H groups in total. The van der Waals surface area contributed by atoms with E-state index in [-0.39, 0.29) is 6.04 Å². The van der Waals surface area contributed by atoms with Crippen LogP contribution in [-0.2, 0) is 0 Å². The van der Waals surface area contributed by atoms with Crippen molar-refractivity contribution in [2.45, 2.75) is 6.04 Å². The number of rotatable bonds is 3. The summed E-state index contributed by atoms with van der Waals surface area (Å²) in [5.74, 6) is 0. The zero-order chi connectivity index (χ0) is 11.7. The fourth-order valence-electron chi connectivity index (χ4n) is 1.45. The van der Waals surface area contributed by atoms with Crippen molar-refractivity contribution in [2.75, 3.05) is 7.05 Å².